The first-order valence-corrected chi connectivity index (χ1v) is 7.28. The lowest BCUT2D eigenvalue weighted by molar-refractivity contribution is 0.228. The van der Waals surface area contributed by atoms with Crippen LogP contribution in [0.5, 0.6) is 5.75 Å². The van der Waals surface area contributed by atoms with Gasteiger partial charge in [0.2, 0.25) is 0 Å². The second-order valence-electron chi connectivity index (χ2n) is 5.82. The lowest BCUT2D eigenvalue weighted by Crippen LogP contribution is -2.35. The van der Waals surface area contributed by atoms with E-state index >= 15 is 0 Å². The average Bonchev–Trinajstić information content (AvgIpc) is 2.50. The van der Waals surface area contributed by atoms with Gasteiger partial charge >= 0.3 is 0 Å². The maximum absolute atomic E-state index is 5.61. The molecule has 110 valence electrons. The molecule has 1 aliphatic heterocycles. The molecule has 0 bridgehead atoms. The van der Waals surface area contributed by atoms with E-state index in [1.807, 2.05) is 0 Å². The summed E-state index contributed by atoms with van der Waals surface area (Å²) in [5.74, 6) is 1.00. The maximum Gasteiger partial charge on any atom is 0.126 e. The van der Waals surface area contributed by atoms with E-state index in [1.54, 1.807) is 7.11 Å². The molecule has 0 radical (unpaired) electrons. The van der Waals surface area contributed by atoms with Gasteiger partial charge in [0.05, 0.1) is 7.11 Å². The third-order valence-electron chi connectivity index (χ3n) is 4.81. The van der Waals surface area contributed by atoms with Gasteiger partial charge < -0.3 is 4.74 Å². The summed E-state index contributed by atoms with van der Waals surface area (Å²) in [4.78, 5) is 2.49. The Morgan fingerprint density at radius 2 is 1.86 bits per heavy atom. The molecule has 2 aliphatic rings. The Bertz CT molecular complexity index is 683. The van der Waals surface area contributed by atoms with E-state index in [4.69, 9.17) is 4.74 Å². The Morgan fingerprint density at radius 3 is 2.67 bits per heavy atom. The van der Waals surface area contributed by atoms with E-state index in [9.17, 15) is 0 Å². The van der Waals surface area contributed by atoms with Crippen LogP contribution in [0.1, 0.15) is 22.7 Å². The fourth-order valence-electron chi connectivity index (χ4n) is 3.80. The first-order chi connectivity index (χ1) is 9.79. The number of ether oxygens (including phenoxy) is 1. The first kappa shape index (κ1) is 14.4. The van der Waals surface area contributed by atoms with Crippen molar-refractivity contribution in [1.29, 1.82) is 0 Å². The van der Waals surface area contributed by atoms with Crippen molar-refractivity contribution in [2.45, 2.75) is 18.9 Å². The molecule has 4 rings (SSSR count). The summed E-state index contributed by atoms with van der Waals surface area (Å²) in [6, 6.07) is 13.7. The lowest BCUT2D eigenvalue weighted by atomic mass is 9.77. The van der Waals surface area contributed by atoms with Crippen LogP contribution in [0.25, 0.3) is 11.1 Å². The van der Waals surface area contributed by atoms with E-state index in [2.05, 4.69) is 48.3 Å². The predicted molar refractivity (Wildman–Crippen MR) is 88.5 cm³/mol. The number of benzene rings is 2. The molecule has 0 saturated heterocycles. The Morgan fingerprint density at radius 1 is 1.10 bits per heavy atom. The normalized spacial score (nSPS) is 19.2. The van der Waals surface area contributed by atoms with Crippen molar-refractivity contribution < 1.29 is 4.74 Å². The van der Waals surface area contributed by atoms with E-state index in [0.717, 1.165) is 25.1 Å². The lowest BCUT2D eigenvalue weighted by Gasteiger charge is -2.40. The zero-order valence-electron chi connectivity index (χ0n) is 12.4. The molecule has 0 unspecified atom stereocenters. The number of nitrogens with zero attached hydrogens (tertiary/aromatic N) is 1. The zero-order chi connectivity index (χ0) is 13.7. The van der Waals surface area contributed by atoms with E-state index in [1.165, 1.54) is 27.8 Å². The highest BCUT2D eigenvalue weighted by Crippen LogP contribution is 2.47. The van der Waals surface area contributed by atoms with Gasteiger partial charge in [-0.1, -0.05) is 30.3 Å². The summed E-state index contributed by atoms with van der Waals surface area (Å²) in [5, 5.41) is 0. The van der Waals surface area contributed by atoms with Crippen LogP contribution in [-0.4, -0.2) is 25.6 Å². The molecule has 2 aromatic rings. The Kier molecular flexibility index (Phi) is 3.68. The molecule has 0 N–H and O–H groups in total. The summed E-state index contributed by atoms with van der Waals surface area (Å²) in [6.45, 7) is 1.15. The number of hydrogen-bond acceptors (Lipinski definition) is 2. The number of fused-ring (bicyclic) bond motifs is 2. The standard InChI is InChI=1S/C18H19NO.ClH/c1-19-10-9-12-5-3-7-14-17(12)15(19)11-13-6-4-8-16(20-2)18(13)14;/h3-8,15H,9-11H2,1-2H3;1H/t15-;/m0./s1. The van der Waals surface area contributed by atoms with Crippen LogP contribution in [0, 0.1) is 0 Å². The van der Waals surface area contributed by atoms with Crippen molar-refractivity contribution >= 4 is 12.4 Å². The molecular formula is C18H20ClNO. The van der Waals surface area contributed by atoms with Crippen molar-refractivity contribution in [3.05, 3.63) is 53.1 Å². The topological polar surface area (TPSA) is 12.5 Å². The minimum atomic E-state index is 0. The fraction of sp³-hybridized carbons (Fsp3) is 0.333. The maximum atomic E-state index is 5.61. The summed E-state index contributed by atoms with van der Waals surface area (Å²) in [7, 11) is 4.01. The molecule has 0 amide bonds. The van der Waals surface area contributed by atoms with Gasteiger partial charge in [0.1, 0.15) is 5.75 Å². The molecule has 0 spiro atoms. The zero-order valence-corrected chi connectivity index (χ0v) is 13.2. The van der Waals surface area contributed by atoms with Gasteiger partial charge in [-0.05, 0) is 48.2 Å². The van der Waals surface area contributed by atoms with Crippen molar-refractivity contribution in [3.8, 4) is 16.9 Å². The Balaban J connectivity index is 0.00000132. The monoisotopic (exact) mass is 301 g/mol. The minimum absolute atomic E-state index is 0. The highest BCUT2D eigenvalue weighted by molar-refractivity contribution is 5.85. The largest absolute Gasteiger partial charge is 0.496 e. The van der Waals surface area contributed by atoms with Crippen LogP contribution in [0.4, 0.5) is 0 Å². The molecule has 1 atom stereocenters. The molecule has 1 aliphatic carbocycles. The van der Waals surface area contributed by atoms with Crippen LogP contribution in [-0.2, 0) is 12.8 Å². The second kappa shape index (κ2) is 5.36. The van der Waals surface area contributed by atoms with E-state index < -0.39 is 0 Å². The van der Waals surface area contributed by atoms with Crippen LogP contribution in [0.3, 0.4) is 0 Å². The number of likely N-dealkylation sites (N-methyl/N-ethyl adjacent to an activating group) is 1. The van der Waals surface area contributed by atoms with Crippen molar-refractivity contribution in [3.63, 3.8) is 0 Å². The third-order valence-corrected chi connectivity index (χ3v) is 4.81. The summed E-state index contributed by atoms with van der Waals surface area (Å²) in [5.41, 5.74) is 7.13. The predicted octanol–water partition coefficient (Wildman–Crippen LogP) is 3.87. The Labute approximate surface area is 132 Å². The van der Waals surface area contributed by atoms with Crippen LogP contribution in [0.2, 0.25) is 0 Å². The minimum Gasteiger partial charge on any atom is -0.496 e. The third kappa shape index (κ3) is 2.05. The molecule has 0 aromatic heterocycles. The van der Waals surface area contributed by atoms with Gasteiger partial charge in [0.25, 0.3) is 0 Å². The fourth-order valence-corrected chi connectivity index (χ4v) is 3.80. The molecular weight excluding hydrogens is 282 g/mol. The second-order valence-corrected chi connectivity index (χ2v) is 5.82. The quantitative estimate of drug-likeness (QED) is 0.793. The summed E-state index contributed by atoms with van der Waals surface area (Å²) >= 11 is 0. The SMILES string of the molecule is COc1cccc2c1-c1cccc3c1[C@H](C2)N(C)CC3.Cl. The van der Waals surface area contributed by atoms with Crippen molar-refractivity contribution in [2.75, 3.05) is 20.7 Å². The van der Waals surface area contributed by atoms with Gasteiger partial charge in [-0.15, -0.1) is 12.4 Å². The number of hydrogen-bond donors (Lipinski definition) is 0. The van der Waals surface area contributed by atoms with Gasteiger partial charge in [-0.2, -0.15) is 0 Å². The molecule has 0 saturated carbocycles. The van der Waals surface area contributed by atoms with Crippen LogP contribution < -0.4 is 4.74 Å². The molecule has 3 heteroatoms. The van der Waals surface area contributed by atoms with E-state index in [0.29, 0.717) is 6.04 Å². The highest BCUT2D eigenvalue weighted by atomic mass is 35.5. The average molecular weight is 302 g/mol. The first-order valence-electron chi connectivity index (χ1n) is 7.28. The number of rotatable bonds is 1. The molecule has 0 fully saturated rings. The van der Waals surface area contributed by atoms with Gasteiger partial charge in [-0.25, -0.2) is 0 Å². The Hall–Kier alpha value is -1.51. The van der Waals surface area contributed by atoms with Gasteiger partial charge in [0, 0.05) is 18.2 Å². The molecule has 2 nitrogen and oxygen atoms in total. The molecule has 2 aromatic carbocycles. The smallest absolute Gasteiger partial charge is 0.126 e. The van der Waals surface area contributed by atoms with Crippen molar-refractivity contribution in [2.24, 2.45) is 0 Å². The van der Waals surface area contributed by atoms with Crippen LogP contribution in [0.15, 0.2) is 36.4 Å². The summed E-state index contributed by atoms with van der Waals surface area (Å²) in [6.07, 6.45) is 2.24. The molecule has 21 heavy (non-hydrogen) atoms. The number of halogens is 1. The van der Waals surface area contributed by atoms with Crippen molar-refractivity contribution in [1.82, 2.24) is 4.90 Å². The number of methoxy groups -OCH3 is 1. The highest BCUT2D eigenvalue weighted by Gasteiger charge is 2.33. The van der Waals surface area contributed by atoms with Gasteiger partial charge in [0.15, 0.2) is 0 Å². The molecule has 1 heterocycles. The summed E-state index contributed by atoms with van der Waals surface area (Å²) < 4.78 is 5.61. The van der Waals surface area contributed by atoms with Gasteiger partial charge in [-0.3, -0.25) is 4.90 Å². The van der Waals surface area contributed by atoms with Crippen LogP contribution >= 0.6 is 12.4 Å². The van der Waals surface area contributed by atoms with E-state index in [-0.39, 0.29) is 12.4 Å².